The van der Waals surface area contributed by atoms with E-state index in [1.807, 2.05) is 47.0 Å². The summed E-state index contributed by atoms with van der Waals surface area (Å²) in [5, 5.41) is 4.37. The normalized spacial score (nSPS) is 11.1. The van der Waals surface area contributed by atoms with E-state index in [0.29, 0.717) is 11.4 Å². The topological polar surface area (TPSA) is 41.1 Å². The molecule has 0 fully saturated rings. The fourth-order valence-corrected chi connectivity index (χ4v) is 2.86. The van der Waals surface area contributed by atoms with Gasteiger partial charge in [0.05, 0.1) is 5.52 Å². The van der Waals surface area contributed by atoms with Crippen LogP contribution in [-0.2, 0) is 0 Å². The lowest BCUT2D eigenvalue weighted by molar-refractivity contribution is 0.405. The molecule has 0 aliphatic heterocycles. The molecule has 1 aromatic heterocycles. The van der Waals surface area contributed by atoms with Crippen LogP contribution in [0.4, 0.5) is 14.6 Å². The first-order chi connectivity index (χ1) is 14.4. The third kappa shape index (κ3) is 6.59. The van der Waals surface area contributed by atoms with E-state index < -0.39 is 11.6 Å². The number of aryl methyl sites for hydroxylation is 1. The summed E-state index contributed by atoms with van der Waals surface area (Å²) in [6.45, 7) is 7.81. The lowest BCUT2D eigenvalue weighted by atomic mass is 10.1. The maximum atomic E-state index is 13.4. The number of rotatable bonds is 7. The van der Waals surface area contributed by atoms with Crippen LogP contribution in [0, 0.1) is 18.6 Å². The second-order valence-electron chi connectivity index (χ2n) is 7.04. The number of hydrogen-bond donors (Lipinski definition) is 1. The summed E-state index contributed by atoms with van der Waals surface area (Å²) >= 11 is 0. The van der Waals surface area contributed by atoms with Gasteiger partial charge < -0.3 is 10.2 Å². The Morgan fingerprint density at radius 2 is 1.73 bits per heavy atom. The van der Waals surface area contributed by atoms with Crippen LogP contribution in [0.2, 0.25) is 0 Å². The van der Waals surface area contributed by atoms with Crippen molar-refractivity contribution in [1.29, 1.82) is 0 Å². The van der Waals surface area contributed by atoms with Crippen LogP contribution < -0.4 is 5.32 Å². The Hall–Kier alpha value is -2.86. The zero-order valence-electron chi connectivity index (χ0n) is 18.3. The van der Waals surface area contributed by atoms with Crippen LogP contribution in [0.5, 0.6) is 0 Å². The van der Waals surface area contributed by atoms with Crippen LogP contribution in [0.15, 0.2) is 36.4 Å². The molecular weight excluding hydrogens is 382 g/mol. The molecule has 0 unspecified atom stereocenters. The third-order valence-corrected chi connectivity index (χ3v) is 4.31. The average Bonchev–Trinajstić information content (AvgIpc) is 2.73. The SMILES string of the molecule is CC.Cc1ccc2nc(/C=C/c3ccc(F)c(F)c3)nc(NCCCN(C)C)c2c1. The lowest BCUT2D eigenvalue weighted by Crippen LogP contribution is -2.17. The van der Waals surface area contributed by atoms with E-state index >= 15 is 0 Å². The molecule has 0 amide bonds. The summed E-state index contributed by atoms with van der Waals surface area (Å²) in [6.07, 6.45) is 4.37. The molecule has 0 bridgehead atoms. The molecule has 4 nitrogen and oxygen atoms in total. The highest BCUT2D eigenvalue weighted by Crippen LogP contribution is 2.22. The van der Waals surface area contributed by atoms with Gasteiger partial charge >= 0.3 is 0 Å². The predicted octanol–water partition coefficient (Wildman–Crippen LogP) is 5.78. The predicted molar refractivity (Wildman–Crippen MR) is 123 cm³/mol. The standard InChI is InChI=1S/C22H24F2N4.C2H6/c1-15-5-9-20-17(13-15)22(25-11-4-12-28(2)3)27-21(26-20)10-7-16-6-8-18(23)19(24)14-16;1-2/h5-10,13-14H,4,11-12H2,1-3H3,(H,25,26,27);1-2H3/b10-7+;. The second kappa shape index (κ2) is 11.4. The third-order valence-electron chi connectivity index (χ3n) is 4.31. The maximum Gasteiger partial charge on any atom is 0.159 e. The smallest absolute Gasteiger partial charge is 0.159 e. The van der Waals surface area contributed by atoms with Gasteiger partial charge in [-0.2, -0.15) is 0 Å². The van der Waals surface area contributed by atoms with E-state index in [0.717, 1.165) is 53.9 Å². The number of anilines is 1. The molecule has 160 valence electrons. The van der Waals surface area contributed by atoms with E-state index in [4.69, 9.17) is 0 Å². The molecule has 0 aliphatic rings. The molecule has 0 radical (unpaired) electrons. The number of aromatic nitrogens is 2. The van der Waals surface area contributed by atoms with Crippen molar-refractivity contribution in [2.24, 2.45) is 0 Å². The molecule has 3 aromatic rings. The van der Waals surface area contributed by atoms with Crippen LogP contribution in [-0.4, -0.2) is 42.1 Å². The monoisotopic (exact) mass is 412 g/mol. The quantitative estimate of drug-likeness (QED) is 0.500. The van der Waals surface area contributed by atoms with Gasteiger partial charge in [-0.15, -0.1) is 0 Å². The Morgan fingerprint density at radius 3 is 2.43 bits per heavy atom. The van der Waals surface area contributed by atoms with Crippen molar-refractivity contribution < 1.29 is 8.78 Å². The van der Waals surface area contributed by atoms with Gasteiger partial charge in [-0.25, -0.2) is 18.7 Å². The van der Waals surface area contributed by atoms with E-state index in [1.165, 1.54) is 6.07 Å². The molecule has 0 aliphatic carbocycles. The van der Waals surface area contributed by atoms with Crippen LogP contribution in [0.1, 0.15) is 37.2 Å². The van der Waals surface area contributed by atoms with E-state index in [1.54, 1.807) is 12.2 Å². The molecule has 2 aromatic carbocycles. The number of nitrogens with one attached hydrogen (secondary N) is 1. The summed E-state index contributed by atoms with van der Waals surface area (Å²) in [6, 6.07) is 9.81. The molecule has 1 N–H and O–H groups in total. The highest BCUT2D eigenvalue weighted by Gasteiger charge is 2.07. The maximum absolute atomic E-state index is 13.4. The molecule has 0 atom stereocenters. The summed E-state index contributed by atoms with van der Waals surface area (Å²) < 4.78 is 26.5. The second-order valence-corrected chi connectivity index (χ2v) is 7.04. The van der Waals surface area contributed by atoms with Crippen molar-refractivity contribution in [3.8, 4) is 0 Å². The van der Waals surface area contributed by atoms with Crippen molar-refractivity contribution in [2.45, 2.75) is 27.2 Å². The average molecular weight is 413 g/mol. The van der Waals surface area contributed by atoms with Gasteiger partial charge in [0.25, 0.3) is 0 Å². The Labute approximate surface area is 177 Å². The van der Waals surface area contributed by atoms with E-state index in [9.17, 15) is 8.78 Å². The van der Waals surface area contributed by atoms with Crippen molar-refractivity contribution >= 4 is 28.9 Å². The Morgan fingerprint density at radius 1 is 0.967 bits per heavy atom. The molecule has 6 heteroatoms. The van der Waals surface area contributed by atoms with Crippen molar-refractivity contribution in [3.05, 3.63) is 65.0 Å². The molecule has 0 spiro atoms. The highest BCUT2D eigenvalue weighted by molar-refractivity contribution is 5.90. The van der Waals surface area contributed by atoms with Crippen molar-refractivity contribution in [1.82, 2.24) is 14.9 Å². The van der Waals surface area contributed by atoms with Crippen molar-refractivity contribution in [2.75, 3.05) is 32.5 Å². The minimum absolute atomic E-state index is 0.510. The number of fused-ring (bicyclic) bond motifs is 1. The van der Waals surface area contributed by atoms with Gasteiger partial charge in [0.1, 0.15) is 5.82 Å². The number of hydrogen-bond acceptors (Lipinski definition) is 4. The van der Waals surface area contributed by atoms with Gasteiger partial charge in [0, 0.05) is 11.9 Å². The summed E-state index contributed by atoms with van der Waals surface area (Å²) in [5.74, 6) is -0.451. The fourth-order valence-electron chi connectivity index (χ4n) is 2.86. The van der Waals surface area contributed by atoms with Gasteiger partial charge in [0.15, 0.2) is 17.5 Å². The Balaban J connectivity index is 0.00000155. The first-order valence-electron chi connectivity index (χ1n) is 10.2. The minimum atomic E-state index is -0.875. The molecule has 3 rings (SSSR count). The molecule has 0 saturated carbocycles. The number of benzene rings is 2. The largest absolute Gasteiger partial charge is 0.369 e. The highest BCUT2D eigenvalue weighted by atomic mass is 19.2. The zero-order valence-corrected chi connectivity index (χ0v) is 18.3. The molecule has 0 saturated heterocycles. The van der Waals surface area contributed by atoms with Gasteiger partial charge in [-0.3, -0.25) is 0 Å². The zero-order chi connectivity index (χ0) is 22.1. The van der Waals surface area contributed by atoms with Crippen LogP contribution in [0.25, 0.3) is 23.1 Å². The Kier molecular flexibility index (Phi) is 8.87. The van der Waals surface area contributed by atoms with E-state index in [2.05, 4.69) is 26.3 Å². The van der Waals surface area contributed by atoms with Gasteiger partial charge in [-0.1, -0.05) is 37.6 Å². The Bertz CT molecular complexity index is 1000. The van der Waals surface area contributed by atoms with E-state index in [-0.39, 0.29) is 0 Å². The lowest BCUT2D eigenvalue weighted by Gasteiger charge is -2.12. The summed E-state index contributed by atoms with van der Waals surface area (Å²) in [5.41, 5.74) is 2.52. The fraction of sp³-hybridized carbons (Fsp3) is 0.333. The minimum Gasteiger partial charge on any atom is -0.369 e. The molecule has 30 heavy (non-hydrogen) atoms. The summed E-state index contributed by atoms with van der Waals surface area (Å²) in [7, 11) is 4.09. The first-order valence-corrected chi connectivity index (χ1v) is 10.2. The first kappa shape index (κ1) is 23.4. The number of nitrogens with zero attached hydrogens (tertiary/aromatic N) is 3. The number of halogens is 2. The van der Waals surface area contributed by atoms with Crippen LogP contribution >= 0.6 is 0 Å². The van der Waals surface area contributed by atoms with Gasteiger partial charge in [0.2, 0.25) is 0 Å². The van der Waals surface area contributed by atoms with Crippen molar-refractivity contribution in [3.63, 3.8) is 0 Å². The summed E-state index contributed by atoms with van der Waals surface area (Å²) in [4.78, 5) is 11.3. The molecular formula is C24H30F2N4. The molecule has 1 heterocycles. The van der Waals surface area contributed by atoms with Gasteiger partial charge in [-0.05, 0) is 69.9 Å². The van der Waals surface area contributed by atoms with Crippen LogP contribution in [0.3, 0.4) is 0 Å².